The maximum atomic E-state index is 3.94. The summed E-state index contributed by atoms with van der Waals surface area (Å²) in [5, 5.41) is 0. The van der Waals surface area contributed by atoms with Crippen LogP contribution in [0.2, 0.25) is 0 Å². The standard InChI is InChI=1S/C12H18/c1-11(2)10-12-8-6-4-3-5-7-9-12/h3-4,9H,1,5-8,10H2,2H3. The minimum Gasteiger partial charge on any atom is -0.0998 e. The fourth-order valence-corrected chi connectivity index (χ4v) is 1.54. The van der Waals surface area contributed by atoms with Gasteiger partial charge >= 0.3 is 0 Å². The van der Waals surface area contributed by atoms with Crippen LogP contribution in [-0.4, -0.2) is 0 Å². The molecule has 0 radical (unpaired) electrons. The molecule has 0 atom stereocenters. The molecule has 0 nitrogen and oxygen atoms in total. The van der Waals surface area contributed by atoms with Crippen molar-refractivity contribution in [3.05, 3.63) is 36.0 Å². The van der Waals surface area contributed by atoms with Crippen molar-refractivity contribution in [1.82, 2.24) is 0 Å². The molecule has 12 heavy (non-hydrogen) atoms. The van der Waals surface area contributed by atoms with E-state index >= 15 is 0 Å². The first kappa shape index (κ1) is 9.31. The van der Waals surface area contributed by atoms with Crippen molar-refractivity contribution in [3.8, 4) is 0 Å². The Balaban J connectivity index is 2.45. The Morgan fingerprint density at radius 3 is 2.83 bits per heavy atom. The van der Waals surface area contributed by atoms with E-state index in [1.165, 1.54) is 31.3 Å². The normalized spacial score (nSPS) is 17.9. The fourth-order valence-electron chi connectivity index (χ4n) is 1.54. The van der Waals surface area contributed by atoms with Crippen LogP contribution >= 0.6 is 0 Å². The molecule has 0 aromatic rings. The molecule has 66 valence electrons. The van der Waals surface area contributed by atoms with Gasteiger partial charge in [0, 0.05) is 0 Å². The fraction of sp³-hybridized carbons (Fsp3) is 0.500. The number of hydrogen-bond acceptors (Lipinski definition) is 0. The van der Waals surface area contributed by atoms with Crippen LogP contribution in [0.4, 0.5) is 0 Å². The van der Waals surface area contributed by atoms with E-state index in [0.717, 1.165) is 6.42 Å². The number of allylic oxidation sites excluding steroid dienone is 5. The van der Waals surface area contributed by atoms with Gasteiger partial charge in [-0.05, 0) is 39.0 Å². The molecule has 1 rings (SSSR count). The summed E-state index contributed by atoms with van der Waals surface area (Å²) in [6, 6.07) is 0. The Bertz CT molecular complexity index is 206. The van der Waals surface area contributed by atoms with Gasteiger partial charge in [-0.1, -0.05) is 36.0 Å². The molecule has 0 aliphatic heterocycles. The topological polar surface area (TPSA) is 0 Å². The highest BCUT2D eigenvalue weighted by molar-refractivity contribution is 5.13. The Morgan fingerprint density at radius 1 is 1.33 bits per heavy atom. The Labute approximate surface area is 75.7 Å². The molecule has 1 aliphatic carbocycles. The van der Waals surface area contributed by atoms with Crippen LogP contribution < -0.4 is 0 Å². The van der Waals surface area contributed by atoms with Gasteiger partial charge in [0.1, 0.15) is 0 Å². The second-order valence-electron chi connectivity index (χ2n) is 3.58. The van der Waals surface area contributed by atoms with E-state index in [1.807, 2.05) is 0 Å². The highest BCUT2D eigenvalue weighted by Gasteiger charge is 1.98. The number of rotatable bonds is 2. The zero-order chi connectivity index (χ0) is 8.81. The molecule has 0 spiro atoms. The molecular weight excluding hydrogens is 144 g/mol. The molecule has 0 heterocycles. The molecule has 0 aromatic heterocycles. The molecular formula is C12H18. The van der Waals surface area contributed by atoms with Gasteiger partial charge in [0.2, 0.25) is 0 Å². The van der Waals surface area contributed by atoms with Gasteiger partial charge in [-0.2, -0.15) is 0 Å². The smallest absolute Gasteiger partial charge is 0.0114 e. The van der Waals surface area contributed by atoms with E-state index in [-0.39, 0.29) is 0 Å². The lowest BCUT2D eigenvalue weighted by atomic mass is 9.99. The summed E-state index contributed by atoms with van der Waals surface area (Å²) in [5.41, 5.74) is 2.86. The summed E-state index contributed by atoms with van der Waals surface area (Å²) in [6.07, 6.45) is 12.9. The van der Waals surface area contributed by atoms with Crippen molar-refractivity contribution in [2.45, 2.75) is 39.0 Å². The molecule has 0 bridgehead atoms. The van der Waals surface area contributed by atoms with Crippen molar-refractivity contribution in [2.75, 3.05) is 0 Å². The minimum atomic E-state index is 1.10. The van der Waals surface area contributed by atoms with Crippen LogP contribution in [0.5, 0.6) is 0 Å². The molecule has 1 aliphatic rings. The summed E-state index contributed by atoms with van der Waals surface area (Å²) in [7, 11) is 0. The molecule has 0 saturated heterocycles. The van der Waals surface area contributed by atoms with Gasteiger partial charge in [-0.25, -0.2) is 0 Å². The van der Waals surface area contributed by atoms with Crippen molar-refractivity contribution >= 4 is 0 Å². The molecule has 0 heteroatoms. The summed E-state index contributed by atoms with van der Waals surface area (Å²) in [4.78, 5) is 0. The first-order valence-corrected chi connectivity index (χ1v) is 4.76. The molecule has 0 fully saturated rings. The van der Waals surface area contributed by atoms with Crippen molar-refractivity contribution in [3.63, 3.8) is 0 Å². The Kier molecular flexibility index (Phi) is 3.86. The highest BCUT2D eigenvalue weighted by Crippen LogP contribution is 2.18. The lowest BCUT2D eigenvalue weighted by molar-refractivity contribution is 0.871. The maximum Gasteiger partial charge on any atom is -0.0114 e. The van der Waals surface area contributed by atoms with E-state index in [0.29, 0.717) is 0 Å². The zero-order valence-corrected chi connectivity index (χ0v) is 7.97. The van der Waals surface area contributed by atoms with Crippen molar-refractivity contribution < 1.29 is 0 Å². The van der Waals surface area contributed by atoms with E-state index < -0.39 is 0 Å². The average Bonchev–Trinajstić information content (AvgIpc) is 1.93. The summed E-state index contributed by atoms with van der Waals surface area (Å²) in [5.74, 6) is 0. The van der Waals surface area contributed by atoms with E-state index in [2.05, 4.69) is 31.7 Å². The van der Waals surface area contributed by atoms with Crippen LogP contribution in [0.3, 0.4) is 0 Å². The van der Waals surface area contributed by atoms with Gasteiger partial charge in [0.15, 0.2) is 0 Å². The third kappa shape index (κ3) is 3.56. The van der Waals surface area contributed by atoms with Gasteiger partial charge < -0.3 is 0 Å². The molecule has 0 amide bonds. The van der Waals surface area contributed by atoms with Crippen LogP contribution in [0.15, 0.2) is 36.0 Å². The van der Waals surface area contributed by atoms with E-state index in [1.54, 1.807) is 5.57 Å². The van der Waals surface area contributed by atoms with Gasteiger partial charge in [0.25, 0.3) is 0 Å². The third-order valence-electron chi connectivity index (χ3n) is 2.09. The molecule has 0 saturated carbocycles. The highest BCUT2D eigenvalue weighted by atomic mass is 14.0. The first-order valence-electron chi connectivity index (χ1n) is 4.76. The Hall–Kier alpha value is -0.780. The summed E-state index contributed by atoms with van der Waals surface area (Å²) in [6.45, 7) is 6.05. The largest absolute Gasteiger partial charge is 0.0998 e. The van der Waals surface area contributed by atoms with Crippen LogP contribution in [0, 0.1) is 0 Å². The van der Waals surface area contributed by atoms with Gasteiger partial charge in [-0.15, -0.1) is 0 Å². The van der Waals surface area contributed by atoms with Crippen LogP contribution in [0.25, 0.3) is 0 Å². The zero-order valence-electron chi connectivity index (χ0n) is 7.97. The molecule has 0 unspecified atom stereocenters. The Morgan fingerprint density at radius 2 is 2.08 bits per heavy atom. The quantitative estimate of drug-likeness (QED) is 0.538. The minimum absolute atomic E-state index is 1.10. The summed E-state index contributed by atoms with van der Waals surface area (Å²) < 4.78 is 0. The van der Waals surface area contributed by atoms with Crippen molar-refractivity contribution in [2.24, 2.45) is 0 Å². The lowest BCUT2D eigenvalue weighted by Gasteiger charge is -2.07. The van der Waals surface area contributed by atoms with Crippen LogP contribution in [0.1, 0.15) is 39.0 Å². The second kappa shape index (κ2) is 4.97. The third-order valence-corrected chi connectivity index (χ3v) is 2.09. The number of hydrogen-bond donors (Lipinski definition) is 0. The van der Waals surface area contributed by atoms with E-state index in [4.69, 9.17) is 0 Å². The predicted molar refractivity (Wildman–Crippen MR) is 55.1 cm³/mol. The molecule has 0 aromatic carbocycles. The SMILES string of the molecule is C=C(C)CC1=CCCC=CCC1. The van der Waals surface area contributed by atoms with Crippen molar-refractivity contribution in [1.29, 1.82) is 0 Å². The molecule has 0 N–H and O–H groups in total. The summed E-state index contributed by atoms with van der Waals surface area (Å²) >= 11 is 0. The predicted octanol–water partition coefficient (Wildman–Crippen LogP) is 4.01. The van der Waals surface area contributed by atoms with E-state index in [9.17, 15) is 0 Å². The van der Waals surface area contributed by atoms with Gasteiger partial charge in [-0.3, -0.25) is 0 Å². The second-order valence-corrected chi connectivity index (χ2v) is 3.58. The monoisotopic (exact) mass is 162 g/mol. The van der Waals surface area contributed by atoms with Crippen LogP contribution in [-0.2, 0) is 0 Å². The average molecular weight is 162 g/mol. The lowest BCUT2D eigenvalue weighted by Crippen LogP contribution is -1.87. The maximum absolute atomic E-state index is 3.94. The van der Waals surface area contributed by atoms with Gasteiger partial charge in [0.05, 0.1) is 0 Å². The first-order chi connectivity index (χ1) is 5.79.